The number of amides is 1. The van der Waals surface area contributed by atoms with E-state index in [0.717, 1.165) is 25.0 Å². The van der Waals surface area contributed by atoms with E-state index in [0.29, 0.717) is 13.2 Å². The minimum absolute atomic E-state index is 0.215. The van der Waals surface area contributed by atoms with E-state index >= 15 is 0 Å². The third-order valence-corrected chi connectivity index (χ3v) is 3.33. The van der Waals surface area contributed by atoms with Gasteiger partial charge in [-0.1, -0.05) is 30.3 Å². The van der Waals surface area contributed by atoms with Crippen LogP contribution < -0.4 is 0 Å². The number of fused-ring (bicyclic) bond motifs is 1. The Balaban J connectivity index is 2.04. The van der Waals surface area contributed by atoms with Crippen LogP contribution in [0.1, 0.15) is 24.0 Å². The van der Waals surface area contributed by atoms with Gasteiger partial charge in [0.1, 0.15) is 6.61 Å². The molecule has 1 amide bonds. The van der Waals surface area contributed by atoms with Crippen molar-refractivity contribution in [1.29, 1.82) is 0 Å². The lowest BCUT2D eigenvalue weighted by molar-refractivity contribution is 0.167. The maximum absolute atomic E-state index is 11.7. The molecule has 3 rings (SSSR count). The van der Waals surface area contributed by atoms with Crippen molar-refractivity contribution >= 4 is 11.8 Å². The zero-order valence-corrected chi connectivity index (χ0v) is 9.69. The Kier molecular flexibility index (Phi) is 2.59. The van der Waals surface area contributed by atoms with Gasteiger partial charge in [0.05, 0.1) is 12.2 Å². The Morgan fingerprint density at radius 1 is 1.24 bits per heavy atom. The van der Waals surface area contributed by atoms with Crippen molar-refractivity contribution in [2.75, 3.05) is 13.2 Å². The Morgan fingerprint density at radius 2 is 2.12 bits per heavy atom. The van der Waals surface area contributed by atoms with Crippen molar-refractivity contribution in [3.05, 3.63) is 41.5 Å². The van der Waals surface area contributed by atoms with Crippen LogP contribution >= 0.6 is 0 Å². The standard InChI is InChI=1S/C14H15NO2/c16-14-15(9-10-17-14)13-8-4-2-6-11-5-1-3-7-12(11)13/h1,3,5,7-8H,2,4,6,9-10H2. The van der Waals surface area contributed by atoms with E-state index in [1.165, 1.54) is 11.1 Å². The first kappa shape index (κ1) is 10.4. The van der Waals surface area contributed by atoms with Crippen molar-refractivity contribution < 1.29 is 9.53 Å². The van der Waals surface area contributed by atoms with Gasteiger partial charge in [0.2, 0.25) is 0 Å². The fourth-order valence-corrected chi connectivity index (χ4v) is 2.50. The van der Waals surface area contributed by atoms with E-state index in [-0.39, 0.29) is 6.09 Å². The predicted molar refractivity (Wildman–Crippen MR) is 65.4 cm³/mol. The van der Waals surface area contributed by atoms with Crippen LogP contribution in [0.3, 0.4) is 0 Å². The average Bonchev–Trinajstić information content (AvgIpc) is 2.66. The molecule has 17 heavy (non-hydrogen) atoms. The third kappa shape index (κ3) is 1.82. The van der Waals surface area contributed by atoms with Gasteiger partial charge in [-0.15, -0.1) is 0 Å². The van der Waals surface area contributed by atoms with E-state index < -0.39 is 0 Å². The monoisotopic (exact) mass is 229 g/mol. The van der Waals surface area contributed by atoms with Gasteiger partial charge in [0.15, 0.2) is 0 Å². The smallest absolute Gasteiger partial charge is 0.414 e. The molecule has 0 unspecified atom stereocenters. The number of hydrogen-bond acceptors (Lipinski definition) is 2. The molecule has 3 heteroatoms. The summed E-state index contributed by atoms with van der Waals surface area (Å²) in [7, 11) is 0. The molecule has 0 spiro atoms. The number of cyclic esters (lactones) is 1. The quantitative estimate of drug-likeness (QED) is 0.741. The van der Waals surface area contributed by atoms with E-state index in [1.54, 1.807) is 4.90 Å². The summed E-state index contributed by atoms with van der Waals surface area (Å²) in [6.07, 6.45) is 5.20. The number of rotatable bonds is 1. The highest BCUT2D eigenvalue weighted by molar-refractivity contribution is 5.84. The topological polar surface area (TPSA) is 29.5 Å². The fourth-order valence-electron chi connectivity index (χ4n) is 2.50. The lowest BCUT2D eigenvalue weighted by Gasteiger charge is -2.18. The molecule has 1 aliphatic carbocycles. The SMILES string of the molecule is O=C1OCCN1C1=CCCCc2ccccc21. The lowest BCUT2D eigenvalue weighted by Crippen LogP contribution is -2.22. The molecular formula is C14H15NO2. The minimum atomic E-state index is -0.215. The van der Waals surface area contributed by atoms with Gasteiger partial charge in [-0.3, -0.25) is 4.90 Å². The number of carbonyl (C=O) groups is 1. The molecule has 3 nitrogen and oxygen atoms in total. The van der Waals surface area contributed by atoms with Crippen LogP contribution in [-0.4, -0.2) is 24.1 Å². The fraction of sp³-hybridized carbons (Fsp3) is 0.357. The van der Waals surface area contributed by atoms with Crippen LogP contribution in [0.5, 0.6) is 0 Å². The maximum atomic E-state index is 11.7. The summed E-state index contributed by atoms with van der Waals surface area (Å²) < 4.78 is 5.02. The molecule has 0 N–H and O–H groups in total. The second-order valence-corrected chi connectivity index (χ2v) is 4.40. The number of carbonyl (C=O) groups excluding carboxylic acids is 1. The molecule has 1 saturated heterocycles. The van der Waals surface area contributed by atoms with Crippen LogP contribution in [0, 0.1) is 0 Å². The summed E-state index contributed by atoms with van der Waals surface area (Å²) in [6, 6.07) is 8.33. The van der Waals surface area contributed by atoms with Gasteiger partial charge in [-0.25, -0.2) is 4.79 Å². The predicted octanol–water partition coefficient (Wildman–Crippen LogP) is 2.82. The van der Waals surface area contributed by atoms with Crippen molar-refractivity contribution in [1.82, 2.24) is 4.90 Å². The average molecular weight is 229 g/mol. The molecule has 2 aliphatic rings. The van der Waals surface area contributed by atoms with Crippen molar-refractivity contribution in [3.8, 4) is 0 Å². The third-order valence-electron chi connectivity index (χ3n) is 3.33. The molecular weight excluding hydrogens is 214 g/mol. The van der Waals surface area contributed by atoms with Crippen LogP contribution in [-0.2, 0) is 11.2 Å². The molecule has 1 aliphatic heterocycles. The number of aryl methyl sites for hydroxylation is 1. The zero-order valence-electron chi connectivity index (χ0n) is 9.69. The number of benzene rings is 1. The summed E-state index contributed by atoms with van der Waals surface area (Å²) >= 11 is 0. The maximum Gasteiger partial charge on any atom is 0.414 e. The molecule has 0 aromatic heterocycles. The van der Waals surface area contributed by atoms with E-state index in [2.05, 4.69) is 24.3 Å². The number of hydrogen-bond donors (Lipinski definition) is 0. The number of nitrogens with zero attached hydrogens (tertiary/aromatic N) is 1. The van der Waals surface area contributed by atoms with Crippen LogP contribution in [0.4, 0.5) is 4.79 Å². The summed E-state index contributed by atoms with van der Waals surface area (Å²) in [4.78, 5) is 13.4. The van der Waals surface area contributed by atoms with Crippen LogP contribution in [0.2, 0.25) is 0 Å². The molecule has 0 radical (unpaired) electrons. The first-order valence-corrected chi connectivity index (χ1v) is 6.09. The second-order valence-electron chi connectivity index (χ2n) is 4.40. The van der Waals surface area contributed by atoms with Gasteiger partial charge < -0.3 is 4.74 Å². The highest BCUT2D eigenvalue weighted by Crippen LogP contribution is 2.29. The Hall–Kier alpha value is -1.77. The van der Waals surface area contributed by atoms with Gasteiger partial charge in [-0.05, 0) is 24.8 Å². The first-order chi connectivity index (χ1) is 8.36. The summed E-state index contributed by atoms with van der Waals surface area (Å²) in [5.74, 6) is 0. The van der Waals surface area contributed by atoms with Crippen molar-refractivity contribution in [2.24, 2.45) is 0 Å². The molecule has 1 aromatic carbocycles. The first-order valence-electron chi connectivity index (χ1n) is 6.09. The normalized spacial score (nSPS) is 19.4. The van der Waals surface area contributed by atoms with Crippen LogP contribution in [0.15, 0.2) is 30.3 Å². The Morgan fingerprint density at radius 3 is 2.94 bits per heavy atom. The van der Waals surface area contributed by atoms with E-state index in [1.807, 2.05) is 6.07 Å². The largest absolute Gasteiger partial charge is 0.447 e. The number of ether oxygens (including phenoxy) is 1. The summed E-state index contributed by atoms with van der Waals surface area (Å²) in [5.41, 5.74) is 3.54. The van der Waals surface area contributed by atoms with Gasteiger partial charge in [0, 0.05) is 5.56 Å². The molecule has 1 heterocycles. The molecule has 0 bridgehead atoms. The molecule has 88 valence electrons. The molecule has 0 atom stereocenters. The molecule has 1 fully saturated rings. The number of allylic oxidation sites excluding steroid dienone is 1. The van der Waals surface area contributed by atoms with Gasteiger partial charge >= 0.3 is 6.09 Å². The van der Waals surface area contributed by atoms with Gasteiger partial charge in [0.25, 0.3) is 0 Å². The molecule has 0 saturated carbocycles. The highest BCUT2D eigenvalue weighted by Gasteiger charge is 2.27. The molecule has 1 aromatic rings. The Labute approximate surface area is 101 Å². The summed E-state index contributed by atoms with van der Waals surface area (Å²) in [5, 5.41) is 0. The van der Waals surface area contributed by atoms with Crippen molar-refractivity contribution in [2.45, 2.75) is 19.3 Å². The van der Waals surface area contributed by atoms with E-state index in [4.69, 9.17) is 4.74 Å². The highest BCUT2D eigenvalue weighted by atomic mass is 16.6. The van der Waals surface area contributed by atoms with Gasteiger partial charge in [-0.2, -0.15) is 0 Å². The zero-order chi connectivity index (χ0) is 11.7. The minimum Gasteiger partial charge on any atom is -0.447 e. The van der Waals surface area contributed by atoms with Crippen molar-refractivity contribution in [3.63, 3.8) is 0 Å². The van der Waals surface area contributed by atoms with Crippen LogP contribution in [0.25, 0.3) is 5.70 Å². The second kappa shape index (κ2) is 4.24. The Bertz CT molecular complexity index is 479. The van der Waals surface area contributed by atoms with E-state index in [9.17, 15) is 4.79 Å². The lowest BCUT2D eigenvalue weighted by atomic mass is 10.0. The summed E-state index contributed by atoms with van der Waals surface area (Å²) in [6.45, 7) is 1.16.